The quantitative estimate of drug-likeness (QED) is 0.886. The lowest BCUT2D eigenvalue weighted by Gasteiger charge is -2.19. The number of hydrogen-bond donors (Lipinski definition) is 2. The molecule has 2 N–H and O–H groups in total. The van der Waals surface area contributed by atoms with Gasteiger partial charge in [-0.2, -0.15) is 0 Å². The summed E-state index contributed by atoms with van der Waals surface area (Å²) in [4.78, 5) is 6.40. The van der Waals surface area contributed by atoms with Crippen LogP contribution >= 0.6 is 23.2 Å². The molecule has 2 aromatic rings. The molecular weight excluding hydrogens is 295 g/mol. The van der Waals surface area contributed by atoms with Gasteiger partial charge in [-0.15, -0.1) is 0 Å². The predicted octanol–water partition coefficient (Wildman–Crippen LogP) is 4.24. The number of halogens is 2. The fourth-order valence-corrected chi connectivity index (χ4v) is 2.33. The van der Waals surface area contributed by atoms with Gasteiger partial charge in [0.15, 0.2) is 5.82 Å². The van der Waals surface area contributed by atoms with Gasteiger partial charge in [-0.25, -0.2) is 4.98 Å². The molecule has 1 aromatic carbocycles. The maximum Gasteiger partial charge on any atom is 0.151 e. The Labute approximate surface area is 128 Å². The third kappa shape index (κ3) is 3.08. The molecule has 0 saturated heterocycles. The molecule has 0 saturated carbocycles. The Kier molecular flexibility index (Phi) is 4.57. The van der Waals surface area contributed by atoms with E-state index in [1.54, 1.807) is 13.1 Å². The SMILES string of the molecule is CNc1nc(Nc2ccccc2N(C)C)c(Cl)cc1Cl. The van der Waals surface area contributed by atoms with E-state index in [4.69, 9.17) is 23.2 Å². The number of hydrogen-bond acceptors (Lipinski definition) is 4. The van der Waals surface area contributed by atoms with Gasteiger partial charge in [0.05, 0.1) is 21.4 Å². The maximum atomic E-state index is 6.19. The summed E-state index contributed by atoms with van der Waals surface area (Å²) in [5.74, 6) is 1.15. The van der Waals surface area contributed by atoms with E-state index in [2.05, 4.69) is 15.6 Å². The van der Waals surface area contributed by atoms with Gasteiger partial charge in [0.25, 0.3) is 0 Å². The van der Waals surface area contributed by atoms with Crippen LogP contribution in [0, 0.1) is 0 Å². The van der Waals surface area contributed by atoms with Gasteiger partial charge >= 0.3 is 0 Å². The Hall–Kier alpha value is -1.65. The first-order valence-corrected chi connectivity index (χ1v) is 6.85. The van der Waals surface area contributed by atoms with Crippen LogP contribution in [-0.2, 0) is 0 Å². The third-order valence-electron chi connectivity index (χ3n) is 2.81. The zero-order valence-electron chi connectivity index (χ0n) is 11.5. The second-order valence-electron chi connectivity index (χ2n) is 4.44. The number of aromatic nitrogens is 1. The molecule has 1 heterocycles. The number of nitrogens with one attached hydrogen (secondary N) is 2. The Balaban J connectivity index is 2.40. The molecule has 1 aromatic heterocycles. The Morgan fingerprint density at radius 2 is 1.70 bits per heavy atom. The molecule has 106 valence electrons. The molecule has 0 fully saturated rings. The van der Waals surface area contributed by atoms with E-state index in [0.29, 0.717) is 21.7 Å². The van der Waals surface area contributed by atoms with Gasteiger partial charge in [0.1, 0.15) is 5.82 Å². The average Bonchev–Trinajstić information content (AvgIpc) is 2.42. The lowest BCUT2D eigenvalue weighted by molar-refractivity contribution is 1.13. The third-order valence-corrected chi connectivity index (χ3v) is 3.38. The van der Waals surface area contributed by atoms with Gasteiger partial charge in [-0.1, -0.05) is 35.3 Å². The van der Waals surface area contributed by atoms with E-state index in [9.17, 15) is 0 Å². The molecule has 0 spiro atoms. The summed E-state index contributed by atoms with van der Waals surface area (Å²) in [7, 11) is 5.73. The largest absolute Gasteiger partial charge is 0.376 e. The number of rotatable bonds is 4. The lowest BCUT2D eigenvalue weighted by Crippen LogP contribution is -2.11. The minimum Gasteiger partial charge on any atom is -0.376 e. The molecule has 4 nitrogen and oxygen atoms in total. The van der Waals surface area contributed by atoms with E-state index in [-0.39, 0.29) is 0 Å². The molecule has 0 bridgehead atoms. The van der Waals surface area contributed by atoms with Crippen LogP contribution in [0.4, 0.5) is 23.0 Å². The second-order valence-corrected chi connectivity index (χ2v) is 5.25. The van der Waals surface area contributed by atoms with Crippen LogP contribution in [0.2, 0.25) is 10.0 Å². The van der Waals surface area contributed by atoms with Gasteiger partial charge < -0.3 is 15.5 Å². The van der Waals surface area contributed by atoms with Crippen LogP contribution in [0.3, 0.4) is 0 Å². The summed E-state index contributed by atoms with van der Waals surface area (Å²) in [6, 6.07) is 9.60. The van der Waals surface area contributed by atoms with Crippen molar-refractivity contribution in [1.82, 2.24) is 4.98 Å². The van der Waals surface area contributed by atoms with Crippen molar-refractivity contribution in [2.24, 2.45) is 0 Å². The van der Waals surface area contributed by atoms with Crippen molar-refractivity contribution in [3.63, 3.8) is 0 Å². The van der Waals surface area contributed by atoms with E-state index in [0.717, 1.165) is 11.4 Å². The van der Waals surface area contributed by atoms with E-state index < -0.39 is 0 Å². The zero-order chi connectivity index (χ0) is 14.7. The van der Waals surface area contributed by atoms with Crippen molar-refractivity contribution in [2.75, 3.05) is 36.7 Å². The van der Waals surface area contributed by atoms with Gasteiger partial charge in [-0.3, -0.25) is 0 Å². The molecule has 0 aliphatic rings. The predicted molar refractivity (Wildman–Crippen MR) is 87.9 cm³/mol. The summed E-state index contributed by atoms with van der Waals surface area (Å²) in [6.07, 6.45) is 0. The van der Waals surface area contributed by atoms with Crippen molar-refractivity contribution in [3.8, 4) is 0 Å². The van der Waals surface area contributed by atoms with E-state index in [1.807, 2.05) is 43.3 Å². The molecule has 20 heavy (non-hydrogen) atoms. The molecule has 0 radical (unpaired) electrons. The monoisotopic (exact) mass is 310 g/mol. The minimum absolute atomic E-state index is 0.475. The molecular formula is C14H16Cl2N4. The normalized spacial score (nSPS) is 10.2. The Morgan fingerprint density at radius 1 is 1.05 bits per heavy atom. The lowest BCUT2D eigenvalue weighted by atomic mass is 10.2. The summed E-state index contributed by atoms with van der Waals surface area (Å²) >= 11 is 12.2. The molecule has 0 aliphatic carbocycles. The maximum absolute atomic E-state index is 6.19. The number of anilines is 4. The molecule has 0 unspecified atom stereocenters. The second kappa shape index (κ2) is 6.20. The number of pyridine rings is 1. The first-order valence-electron chi connectivity index (χ1n) is 6.10. The average molecular weight is 311 g/mol. The first-order chi connectivity index (χ1) is 9.52. The highest BCUT2D eigenvalue weighted by Gasteiger charge is 2.11. The van der Waals surface area contributed by atoms with Crippen LogP contribution in [0.25, 0.3) is 0 Å². The van der Waals surface area contributed by atoms with Crippen LogP contribution in [0.5, 0.6) is 0 Å². The van der Waals surface area contributed by atoms with Crippen LogP contribution < -0.4 is 15.5 Å². The van der Waals surface area contributed by atoms with Gasteiger partial charge in [0.2, 0.25) is 0 Å². The fraction of sp³-hybridized carbons (Fsp3) is 0.214. The number of benzene rings is 1. The first kappa shape index (κ1) is 14.8. The highest BCUT2D eigenvalue weighted by atomic mass is 35.5. The van der Waals surface area contributed by atoms with Crippen molar-refractivity contribution in [2.45, 2.75) is 0 Å². The smallest absolute Gasteiger partial charge is 0.151 e. The zero-order valence-corrected chi connectivity index (χ0v) is 13.0. The summed E-state index contributed by atoms with van der Waals surface area (Å²) in [6.45, 7) is 0. The molecule has 2 rings (SSSR count). The van der Waals surface area contributed by atoms with Crippen molar-refractivity contribution in [3.05, 3.63) is 40.4 Å². The molecule has 0 atom stereocenters. The van der Waals surface area contributed by atoms with Crippen LogP contribution in [0.15, 0.2) is 30.3 Å². The van der Waals surface area contributed by atoms with E-state index in [1.165, 1.54) is 0 Å². The van der Waals surface area contributed by atoms with Crippen molar-refractivity contribution in [1.29, 1.82) is 0 Å². The van der Waals surface area contributed by atoms with Gasteiger partial charge in [0, 0.05) is 21.1 Å². The molecule has 0 aliphatic heterocycles. The standard InChI is InChI=1S/C14H16Cl2N4/c1-17-13-9(15)8-10(16)14(19-13)18-11-6-4-5-7-12(11)20(2)3/h4-8H,1-3H3,(H2,17,18,19). The van der Waals surface area contributed by atoms with Crippen LogP contribution in [0.1, 0.15) is 0 Å². The van der Waals surface area contributed by atoms with E-state index >= 15 is 0 Å². The summed E-state index contributed by atoms with van der Waals surface area (Å²) in [5.41, 5.74) is 1.97. The highest BCUT2D eigenvalue weighted by Crippen LogP contribution is 2.33. The fourth-order valence-electron chi connectivity index (χ4n) is 1.83. The Bertz CT molecular complexity index is 614. The number of nitrogens with zero attached hydrogens (tertiary/aromatic N) is 2. The summed E-state index contributed by atoms with van der Waals surface area (Å²) < 4.78 is 0. The van der Waals surface area contributed by atoms with Crippen molar-refractivity contribution >= 4 is 46.2 Å². The molecule has 6 heteroatoms. The van der Waals surface area contributed by atoms with Crippen molar-refractivity contribution < 1.29 is 0 Å². The number of para-hydroxylation sites is 2. The highest BCUT2D eigenvalue weighted by molar-refractivity contribution is 6.37. The van der Waals surface area contributed by atoms with Crippen LogP contribution in [-0.4, -0.2) is 26.1 Å². The summed E-state index contributed by atoms with van der Waals surface area (Å²) in [5, 5.41) is 7.14. The minimum atomic E-state index is 0.475. The Morgan fingerprint density at radius 3 is 2.35 bits per heavy atom. The van der Waals surface area contributed by atoms with Gasteiger partial charge in [-0.05, 0) is 18.2 Å². The topological polar surface area (TPSA) is 40.2 Å². The molecule has 0 amide bonds.